The Hall–Kier alpha value is -2.08. The van der Waals surface area contributed by atoms with Crippen molar-refractivity contribution in [3.05, 3.63) is 36.5 Å². The van der Waals surface area contributed by atoms with Crippen LogP contribution in [0, 0.1) is 0 Å². The Morgan fingerprint density at radius 2 is 0.983 bits per heavy atom. The molecule has 6 unspecified atom stereocenters. The van der Waals surface area contributed by atoms with Crippen LogP contribution < -0.4 is 0 Å². The molecule has 0 aromatic heterocycles. The minimum absolute atomic E-state index is 0.196. The number of carbonyl (C=O) groups is 2. The molecule has 0 radical (unpaired) electrons. The zero-order valence-electron chi connectivity index (χ0n) is 38.2. The van der Waals surface area contributed by atoms with Crippen molar-refractivity contribution < 1.29 is 49.0 Å². The second-order valence-electron chi connectivity index (χ2n) is 16.9. The molecule has 10 heteroatoms. The first-order chi connectivity index (χ1) is 29.3. The van der Waals surface area contributed by atoms with Gasteiger partial charge in [0.25, 0.3) is 0 Å². The van der Waals surface area contributed by atoms with Crippen molar-refractivity contribution in [3.63, 3.8) is 0 Å². The quantitative estimate of drug-likeness (QED) is 0.0266. The van der Waals surface area contributed by atoms with Gasteiger partial charge in [-0.05, 0) is 44.9 Å². The van der Waals surface area contributed by atoms with Crippen LogP contribution in [-0.2, 0) is 28.5 Å². The first kappa shape index (κ1) is 55.9. The Morgan fingerprint density at radius 1 is 0.533 bits per heavy atom. The average Bonchev–Trinajstić information content (AvgIpc) is 3.25. The highest BCUT2D eigenvalue weighted by atomic mass is 16.7. The van der Waals surface area contributed by atoms with E-state index in [-0.39, 0.29) is 32.0 Å². The predicted octanol–water partition coefficient (Wildman–Crippen LogP) is 11.1. The zero-order valence-corrected chi connectivity index (χ0v) is 38.2. The van der Waals surface area contributed by atoms with Crippen molar-refractivity contribution in [2.24, 2.45) is 0 Å². The highest BCUT2D eigenvalue weighted by Crippen LogP contribution is 2.23. The fraction of sp³-hybridized carbons (Fsp3) is 0.840. The van der Waals surface area contributed by atoms with E-state index in [0.29, 0.717) is 6.42 Å². The van der Waals surface area contributed by atoms with Gasteiger partial charge >= 0.3 is 11.9 Å². The van der Waals surface area contributed by atoms with Crippen LogP contribution in [0.4, 0.5) is 0 Å². The average molecular weight is 851 g/mol. The third-order valence-corrected chi connectivity index (χ3v) is 11.3. The predicted molar refractivity (Wildman–Crippen MR) is 242 cm³/mol. The molecule has 0 aromatic rings. The molecule has 0 aromatic carbocycles. The molecule has 1 saturated heterocycles. The van der Waals surface area contributed by atoms with Gasteiger partial charge in [-0.3, -0.25) is 9.59 Å². The van der Waals surface area contributed by atoms with Gasteiger partial charge in [-0.1, -0.05) is 192 Å². The number of aliphatic hydroxyl groups is 4. The molecule has 1 fully saturated rings. The van der Waals surface area contributed by atoms with Gasteiger partial charge in [0.2, 0.25) is 0 Å². The first-order valence-electron chi connectivity index (χ1n) is 24.6. The lowest BCUT2D eigenvalue weighted by molar-refractivity contribution is -0.305. The van der Waals surface area contributed by atoms with E-state index in [1.807, 2.05) is 0 Å². The molecule has 1 aliphatic rings. The Labute approximate surface area is 366 Å². The van der Waals surface area contributed by atoms with E-state index < -0.39 is 49.4 Å². The van der Waals surface area contributed by atoms with E-state index in [4.69, 9.17) is 18.9 Å². The van der Waals surface area contributed by atoms with E-state index in [1.165, 1.54) is 122 Å². The van der Waals surface area contributed by atoms with Gasteiger partial charge in [-0.15, -0.1) is 0 Å². The van der Waals surface area contributed by atoms with Crippen LogP contribution in [0.1, 0.15) is 213 Å². The summed E-state index contributed by atoms with van der Waals surface area (Å²) in [6, 6.07) is 0. The lowest BCUT2D eigenvalue weighted by Gasteiger charge is -2.39. The highest BCUT2D eigenvalue weighted by molar-refractivity contribution is 5.70. The van der Waals surface area contributed by atoms with Crippen LogP contribution >= 0.6 is 0 Å². The number of aliphatic hydroxyl groups excluding tert-OH is 4. The van der Waals surface area contributed by atoms with Crippen LogP contribution in [-0.4, -0.2) is 89.0 Å². The Bertz CT molecular complexity index is 1080. The summed E-state index contributed by atoms with van der Waals surface area (Å²) in [5.74, 6) is -0.834. The van der Waals surface area contributed by atoms with Crippen molar-refractivity contribution in [3.8, 4) is 0 Å². The fourth-order valence-electron chi connectivity index (χ4n) is 7.44. The maximum atomic E-state index is 12.8. The SMILES string of the molecule is CC/C=C\C/C=C\C/C=C\CCCCCC(=O)OC(COC(=O)CCCCCCCCCCCCCCCCCCCCCCCC)COC1OC(CO)C(O)C(O)C1O. The molecular weight excluding hydrogens is 761 g/mol. The van der Waals surface area contributed by atoms with Crippen molar-refractivity contribution in [2.75, 3.05) is 19.8 Å². The van der Waals surface area contributed by atoms with Crippen LogP contribution in [0.15, 0.2) is 36.5 Å². The van der Waals surface area contributed by atoms with Crippen molar-refractivity contribution in [1.29, 1.82) is 0 Å². The lowest BCUT2D eigenvalue weighted by Crippen LogP contribution is -2.59. The van der Waals surface area contributed by atoms with E-state index in [9.17, 15) is 30.0 Å². The van der Waals surface area contributed by atoms with E-state index >= 15 is 0 Å². The van der Waals surface area contributed by atoms with Gasteiger partial charge < -0.3 is 39.4 Å². The van der Waals surface area contributed by atoms with Crippen LogP contribution in [0.2, 0.25) is 0 Å². The summed E-state index contributed by atoms with van der Waals surface area (Å²) < 4.78 is 22.2. The normalized spacial score (nSPS) is 20.1. The van der Waals surface area contributed by atoms with Crippen molar-refractivity contribution in [2.45, 2.75) is 250 Å². The van der Waals surface area contributed by atoms with E-state index in [0.717, 1.165) is 57.8 Å². The minimum Gasteiger partial charge on any atom is -0.462 e. The summed E-state index contributed by atoms with van der Waals surface area (Å²) in [6.07, 6.45) is 40.2. The monoisotopic (exact) mass is 851 g/mol. The summed E-state index contributed by atoms with van der Waals surface area (Å²) >= 11 is 0. The Balaban J connectivity index is 2.24. The molecule has 350 valence electrons. The summed E-state index contributed by atoms with van der Waals surface area (Å²) in [5.41, 5.74) is 0. The standard InChI is InChI=1S/C50H90O10/c1-3-5-7-9-11-13-15-17-18-19-20-21-22-23-24-25-27-28-30-32-34-36-38-45(52)57-41-43(42-58-50-49(56)48(55)47(54)44(40-51)60-50)59-46(53)39-37-35-33-31-29-26-16-14-12-10-8-6-4-2/h6,8,12,14,26,29,43-44,47-51,54-56H,3-5,7,9-11,13,15-25,27-28,30-42H2,1-2H3/b8-6-,14-12-,29-26-. The number of unbranched alkanes of at least 4 members (excludes halogenated alkanes) is 24. The number of carbonyl (C=O) groups excluding carboxylic acids is 2. The second-order valence-corrected chi connectivity index (χ2v) is 16.9. The van der Waals surface area contributed by atoms with Crippen LogP contribution in [0.25, 0.3) is 0 Å². The minimum atomic E-state index is -1.60. The first-order valence-corrected chi connectivity index (χ1v) is 24.6. The smallest absolute Gasteiger partial charge is 0.306 e. The highest BCUT2D eigenvalue weighted by Gasteiger charge is 2.44. The van der Waals surface area contributed by atoms with Gasteiger partial charge in [0, 0.05) is 12.8 Å². The summed E-state index contributed by atoms with van der Waals surface area (Å²) in [7, 11) is 0. The second kappa shape index (κ2) is 41.0. The Morgan fingerprint density at radius 3 is 1.48 bits per heavy atom. The number of ether oxygens (including phenoxy) is 4. The summed E-state index contributed by atoms with van der Waals surface area (Å²) in [5, 5.41) is 40.1. The van der Waals surface area contributed by atoms with Crippen LogP contribution in [0.3, 0.4) is 0 Å². The number of rotatable bonds is 41. The number of esters is 2. The van der Waals surface area contributed by atoms with Gasteiger partial charge in [0.15, 0.2) is 12.4 Å². The zero-order chi connectivity index (χ0) is 43.7. The molecule has 0 spiro atoms. The molecule has 0 aliphatic carbocycles. The molecule has 0 amide bonds. The molecule has 60 heavy (non-hydrogen) atoms. The van der Waals surface area contributed by atoms with Crippen molar-refractivity contribution >= 4 is 11.9 Å². The van der Waals surface area contributed by atoms with Gasteiger partial charge in [0.1, 0.15) is 31.0 Å². The van der Waals surface area contributed by atoms with Gasteiger partial charge in [-0.2, -0.15) is 0 Å². The molecule has 1 rings (SSSR count). The maximum absolute atomic E-state index is 12.8. The van der Waals surface area contributed by atoms with Crippen molar-refractivity contribution in [1.82, 2.24) is 0 Å². The summed E-state index contributed by atoms with van der Waals surface area (Å²) in [4.78, 5) is 25.4. The van der Waals surface area contributed by atoms with E-state index in [1.54, 1.807) is 0 Å². The molecule has 10 nitrogen and oxygen atoms in total. The molecule has 0 saturated carbocycles. The molecule has 1 heterocycles. The number of hydrogen-bond donors (Lipinski definition) is 4. The third kappa shape index (κ3) is 31.7. The van der Waals surface area contributed by atoms with Gasteiger partial charge in [0.05, 0.1) is 13.2 Å². The number of allylic oxidation sites excluding steroid dienone is 6. The molecule has 4 N–H and O–H groups in total. The molecule has 0 bridgehead atoms. The molecule has 1 aliphatic heterocycles. The third-order valence-electron chi connectivity index (χ3n) is 11.3. The fourth-order valence-corrected chi connectivity index (χ4v) is 7.44. The molecule has 6 atom stereocenters. The maximum Gasteiger partial charge on any atom is 0.306 e. The van der Waals surface area contributed by atoms with Gasteiger partial charge in [-0.25, -0.2) is 0 Å². The topological polar surface area (TPSA) is 152 Å². The largest absolute Gasteiger partial charge is 0.462 e. The molecular formula is C50H90O10. The summed E-state index contributed by atoms with van der Waals surface area (Å²) in [6.45, 7) is 3.30. The lowest BCUT2D eigenvalue weighted by atomic mass is 9.99. The number of hydrogen-bond acceptors (Lipinski definition) is 10. The van der Waals surface area contributed by atoms with Crippen LogP contribution in [0.5, 0.6) is 0 Å². The Kier molecular flexibility index (Phi) is 38.2. The van der Waals surface area contributed by atoms with E-state index in [2.05, 4.69) is 50.3 Å².